The van der Waals surface area contributed by atoms with Crippen LogP contribution >= 0.6 is 0 Å². The summed E-state index contributed by atoms with van der Waals surface area (Å²) in [6, 6.07) is 8.97. The van der Waals surface area contributed by atoms with Crippen molar-refractivity contribution in [1.29, 1.82) is 0 Å². The Labute approximate surface area is 103 Å². The van der Waals surface area contributed by atoms with Crippen molar-refractivity contribution in [2.45, 2.75) is 0 Å². The molecule has 0 saturated heterocycles. The monoisotopic (exact) mass is 199 g/mol. The third-order valence-corrected chi connectivity index (χ3v) is 1.83. The van der Waals surface area contributed by atoms with Gasteiger partial charge in [0.05, 0.1) is 7.11 Å². The van der Waals surface area contributed by atoms with Crippen LogP contribution in [0.2, 0.25) is 0 Å². The van der Waals surface area contributed by atoms with Crippen molar-refractivity contribution in [2.24, 2.45) is 0 Å². The average Bonchev–Trinajstić information content (AvgIpc) is 2.17. The third kappa shape index (κ3) is 2.00. The van der Waals surface area contributed by atoms with Crippen molar-refractivity contribution in [3.05, 3.63) is 40.8 Å². The molecule has 1 aromatic heterocycles. The van der Waals surface area contributed by atoms with Gasteiger partial charge in [-0.1, -0.05) is 18.2 Å². The molecule has 0 amide bonds. The SMILES string of the molecule is COc1cc2ccccc2oc1=O.[Na+]. The van der Waals surface area contributed by atoms with Crippen molar-refractivity contribution in [1.82, 2.24) is 0 Å². The van der Waals surface area contributed by atoms with Crippen LogP contribution in [0, 0.1) is 0 Å². The van der Waals surface area contributed by atoms with Crippen LogP contribution in [0.5, 0.6) is 5.75 Å². The van der Waals surface area contributed by atoms with E-state index in [1.807, 2.05) is 18.2 Å². The second-order valence-electron chi connectivity index (χ2n) is 2.64. The molecular weight excluding hydrogens is 191 g/mol. The van der Waals surface area contributed by atoms with E-state index >= 15 is 0 Å². The molecule has 2 aromatic rings. The van der Waals surface area contributed by atoms with Gasteiger partial charge >= 0.3 is 35.2 Å². The van der Waals surface area contributed by atoms with Crippen molar-refractivity contribution < 1.29 is 38.7 Å². The minimum absolute atomic E-state index is 0. The van der Waals surface area contributed by atoms with E-state index in [2.05, 4.69) is 0 Å². The number of rotatable bonds is 1. The molecule has 0 saturated carbocycles. The summed E-state index contributed by atoms with van der Waals surface area (Å²) in [7, 11) is 1.45. The quantitative estimate of drug-likeness (QED) is 0.428. The van der Waals surface area contributed by atoms with Gasteiger partial charge < -0.3 is 9.15 Å². The fraction of sp³-hybridized carbons (Fsp3) is 0.100. The van der Waals surface area contributed by atoms with Crippen LogP contribution in [0.4, 0.5) is 0 Å². The zero-order valence-corrected chi connectivity index (χ0v) is 10.1. The second kappa shape index (κ2) is 4.64. The molecule has 66 valence electrons. The first kappa shape index (κ1) is 11.3. The van der Waals surface area contributed by atoms with E-state index in [0.717, 1.165) is 5.39 Å². The molecule has 1 aromatic carbocycles. The van der Waals surface area contributed by atoms with Crippen LogP contribution < -0.4 is 39.9 Å². The summed E-state index contributed by atoms with van der Waals surface area (Å²) in [4.78, 5) is 11.2. The van der Waals surface area contributed by atoms with Crippen molar-refractivity contribution in [3.8, 4) is 5.75 Å². The zero-order valence-electron chi connectivity index (χ0n) is 8.11. The summed E-state index contributed by atoms with van der Waals surface area (Å²) < 4.78 is 9.85. The molecule has 0 aliphatic carbocycles. The number of para-hydroxylation sites is 1. The fourth-order valence-corrected chi connectivity index (χ4v) is 1.19. The maximum Gasteiger partial charge on any atom is 1.00 e. The molecule has 0 unspecified atom stereocenters. The first-order valence-electron chi connectivity index (χ1n) is 3.88. The number of benzene rings is 1. The summed E-state index contributed by atoms with van der Waals surface area (Å²) in [6.07, 6.45) is 0. The molecule has 0 bridgehead atoms. The Bertz CT molecular complexity index is 490. The molecule has 4 heteroatoms. The minimum atomic E-state index is -0.443. The Balaban J connectivity index is 0.000000980. The molecule has 0 spiro atoms. The van der Waals surface area contributed by atoms with Gasteiger partial charge in [-0.05, 0) is 12.1 Å². The van der Waals surface area contributed by atoms with E-state index in [1.165, 1.54) is 7.11 Å². The van der Waals surface area contributed by atoms with Crippen LogP contribution in [0.3, 0.4) is 0 Å². The van der Waals surface area contributed by atoms with Gasteiger partial charge in [0.1, 0.15) is 5.58 Å². The van der Waals surface area contributed by atoms with Gasteiger partial charge in [-0.25, -0.2) is 4.79 Å². The van der Waals surface area contributed by atoms with Gasteiger partial charge in [0, 0.05) is 5.39 Å². The van der Waals surface area contributed by atoms with Crippen LogP contribution in [0.25, 0.3) is 11.0 Å². The molecule has 0 fully saturated rings. The fourth-order valence-electron chi connectivity index (χ4n) is 1.19. The van der Waals surface area contributed by atoms with Crippen LogP contribution in [0.15, 0.2) is 39.5 Å². The predicted molar refractivity (Wildman–Crippen MR) is 49.0 cm³/mol. The number of fused-ring (bicyclic) bond motifs is 1. The Kier molecular flexibility index (Phi) is 3.75. The van der Waals surface area contributed by atoms with Gasteiger partial charge in [0.15, 0.2) is 0 Å². The summed E-state index contributed by atoms with van der Waals surface area (Å²) in [5.74, 6) is 0.235. The maximum atomic E-state index is 11.2. The van der Waals surface area contributed by atoms with Crippen molar-refractivity contribution >= 4 is 11.0 Å². The maximum absolute atomic E-state index is 11.2. The third-order valence-electron chi connectivity index (χ3n) is 1.83. The summed E-state index contributed by atoms with van der Waals surface area (Å²) >= 11 is 0. The average molecular weight is 199 g/mol. The van der Waals surface area contributed by atoms with Gasteiger partial charge in [0.2, 0.25) is 5.75 Å². The van der Waals surface area contributed by atoms with Gasteiger partial charge in [-0.15, -0.1) is 0 Å². The van der Waals surface area contributed by atoms with E-state index in [9.17, 15) is 4.79 Å². The first-order chi connectivity index (χ1) is 6.31. The van der Waals surface area contributed by atoms with Gasteiger partial charge in [-0.3, -0.25) is 0 Å². The predicted octanol–water partition coefficient (Wildman–Crippen LogP) is -1.19. The summed E-state index contributed by atoms with van der Waals surface area (Å²) in [5, 5.41) is 0.860. The van der Waals surface area contributed by atoms with Gasteiger partial charge in [0.25, 0.3) is 0 Å². The first-order valence-corrected chi connectivity index (χ1v) is 3.88. The number of ether oxygens (including phenoxy) is 1. The molecule has 14 heavy (non-hydrogen) atoms. The van der Waals surface area contributed by atoms with Gasteiger partial charge in [-0.2, -0.15) is 0 Å². The largest absolute Gasteiger partial charge is 1.00 e. The molecule has 0 atom stereocenters. The van der Waals surface area contributed by atoms with E-state index < -0.39 is 5.63 Å². The molecule has 0 aliphatic heterocycles. The van der Waals surface area contributed by atoms with E-state index in [-0.39, 0.29) is 35.3 Å². The van der Waals surface area contributed by atoms with E-state index in [4.69, 9.17) is 9.15 Å². The second-order valence-corrected chi connectivity index (χ2v) is 2.64. The van der Waals surface area contributed by atoms with E-state index in [0.29, 0.717) is 5.58 Å². The summed E-state index contributed by atoms with van der Waals surface area (Å²) in [5.41, 5.74) is 0.134. The van der Waals surface area contributed by atoms with Crippen molar-refractivity contribution in [3.63, 3.8) is 0 Å². The van der Waals surface area contributed by atoms with Crippen LogP contribution in [-0.2, 0) is 0 Å². The normalized spacial score (nSPS) is 9.50. The molecular formula is C10H8NaO3+. The Morgan fingerprint density at radius 1 is 1.29 bits per heavy atom. The Morgan fingerprint density at radius 3 is 2.71 bits per heavy atom. The van der Waals surface area contributed by atoms with Crippen LogP contribution in [-0.4, -0.2) is 7.11 Å². The smallest absolute Gasteiger partial charge is 0.490 e. The topological polar surface area (TPSA) is 39.4 Å². The molecule has 0 radical (unpaired) electrons. The van der Waals surface area contributed by atoms with E-state index in [1.54, 1.807) is 12.1 Å². The molecule has 2 rings (SSSR count). The van der Waals surface area contributed by atoms with Crippen molar-refractivity contribution in [2.75, 3.05) is 7.11 Å². The molecule has 0 N–H and O–H groups in total. The molecule has 1 heterocycles. The molecule has 3 nitrogen and oxygen atoms in total. The number of hydrogen-bond donors (Lipinski definition) is 0. The molecule has 0 aliphatic rings. The Morgan fingerprint density at radius 2 is 2.00 bits per heavy atom. The zero-order chi connectivity index (χ0) is 9.26. The number of methoxy groups -OCH3 is 1. The summed E-state index contributed by atoms with van der Waals surface area (Å²) in [6.45, 7) is 0. The standard InChI is InChI=1S/C10H8O3.Na/c1-12-9-6-7-4-2-3-5-8(7)13-10(9)11;/h2-6H,1H3;/q;+1. The van der Waals surface area contributed by atoms with Crippen LogP contribution in [0.1, 0.15) is 0 Å². The minimum Gasteiger partial charge on any atom is -0.490 e. The Hall–Kier alpha value is -0.770. The number of hydrogen-bond acceptors (Lipinski definition) is 3.